The van der Waals surface area contributed by atoms with E-state index in [0.29, 0.717) is 17.8 Å². The van der Waals surface area contributed by atoms with Crippen LogP contribution in [0.25, 0.3) is 0 Å². The molecule has 2 aromatic rings. The number of halogens is 1. The van der Waals surface area contributed by atoms with Crippen molar-refractivity contribution in [2.24, 2.45) is 0 Å². The Morgan fingerprint density at radius 1 is 1.20 bits per heavy atom. The van der Waals surface area contributed by atoms with Crippen molar-refractivity contribution in [3.05, 3.63) is 34.9 Å². The largest absolute Gasteiger partial charge is 0.350 e. The summed E-state index contributed by atoms with van der Waals surface area (Å²) in [6, 6.07) is 8.41. The fraction of sp³-hybridized carbons (Fsp3) is 0.357. The van der Waals surface area contributed by atoms with Crippen LogP contribution >= 0.6 is 15.9 Å². The van der Waals surface area contributed by atoms with E-state index in [4.69, 9.17) is 0 Å². The van der Waals surface area contributed by atoms with Crippen LogP contribution in [-0.4, -0.2) is 21.2 Å². The number of rotatable bonds is 4. The Hall–Kier alpha value is -1.69. The third kappa shape index (κ3) is 3.45. The van der Waals surface area contributed by atoms with Gasteiger partial charge in [0.1, 0.15) is 0 Å². The van der Waals surface area contributed by atoms with Crippen molar-refractivity contribution < 1.29 is 0 Å². The molecule has 0 spiro atoms. The van der Waals surface area contributed by atoms with Crippen LogP contribution in [-0.2, 0) is 0 Å². The summed E-state index contributed by atoms with van der Waals surface area (Å²) in [6.07, 6.45) is 6.56. The van der Waals surface area contributed by atoms with Gasteiger partial charge in [0.15, 0.2) is 5.82 Å². The SMILES string of the molecule is Brc1cccc(Nc2cnnc(NC3CCCC3)n2)c1. The van der Waals surface area contributed by atoms with Crippen LogP contribution in [0.5, 0.6) is 0 Å². The number of nitrogens with one attached hydrogen (secondary N) is 2. The molecule has 1 fully saturated rings. The Labute approximate surface area is 126 Å². The van der Waals surface area contributed by atoms with Gasteiger partial charge in [0, 0.05) is 16.2 Å². The van der Waals surface area contributed by atoms with Crippen molar-refractivity contribution in [1.29, 1.82) is 0 Å². The zero-order valence-electron chi connectivity index (χ0n) is 11.0. The average molecular weight is 334 g/mol. The van der Waals surface area contributed by atoms with Gasteiger partial charge in [0.2, 0.25) is 5.95 Å². The van der Waals surface area contributed by atoms with E-state index in [1.807, 2.05) is 24.3 Å². The molecule has 0 aliphatic heterocycles. The van der Waals surface area contributed by atoms with E-state index in [0.717, 1.165) is 10.2 Å². The van der Waals surface area contributed by atoms with Gasteiger partial charge in [0.25, 0.3) is 0 Å². The second-order valence-electron chi connectivity index (χ2n) is 4.93. The van der Waals surface area contributed by atoms with E-state index in [9.17, 15) is 0 Å². The van der Waals surface area contributed by atoms with Gasteiger partial charge in [-0.05, 0) is 31.0 Å². The maximum absolute atomic E-state index is 4.45. The minimum atomic E-state index is 0.484. The highest BCUT2D eigenvalue weighted by molar-refractivity contribution is 9.10. The molecule has 1 aliphatic rings. The van der Waals surface area contributed by atoms with Crippen LogP contribution in [0.15, 0.2) is 34.9 Å². The minimum absolute atomic E-state index is 0.484. The van der Waals surface area contributed by atoms with Crippen LogP contribution in [0.3, 0.4) is 0 Å². The molecule has 1 aliphatic carbocycles. The minimum Gasteiger partial charge on any atom is -0.350 e. The molecule has 5 nitrogen and oxygen atoms in total. The summed E-state index contributed by atoms with van der Waals surface area (Å²) >= 11 is 3.45. The van der Waals surface area contributed by atoms with E-state index in [-0.39, 0.29) is 0 Å². The lowest BCUT2D eigenvalue weighted by Crippen LogP contribution is -2.17. The Morgan fingerprint density at radius 3 is 2.85 bits per heavy atom. The fourth-order valence-electron chi connectivity index (χ4n) is 2.39. The molecular weight excluding hydrogens is 318 g/mol. The summed E-state index contributed by atoms with van der Waals surface area (Å²) in [5.74, 6) is 1.29. The molecule has 0 radical (unpaired) electrons. The first-order valence-electron chi connectivity index (χ1n) is 6.78. The van der Waals surface area contributed by atoms with E-state index < -0.39 is 0 Å². The number of hydrogen-bond acceptors (Lipinski definition) is 5. The quantitative estimate of drug-likeness (QED) is 0.892. The van der Waals surface area contributed by atoms with E-state index in [1.54, 1.807) is 6.20 Å². The molecule has 1 aromatic carbocycles. The molecule has 1 saturated carbocycles. The zero-order valence-corrected chi connectivity index (χ0v) is 12.6. The van der Waals surface area contributed by atoms with Gasteiger partial charge in [-0.15, -0.1) is 5.10 Å². The van der Waals surface area contributed by atoms with Crippen molar-refractivity contribution >= 4 is 33.4 Å². The molecule has 0 bridgehead atoms. The monoisotopic (exact) mass is 333 g/mol. The van der Waals surface area contributed by atoms with Gasteiger partial charge < -0.3 is 10.6 Å². The summed E-state index contributed by atoms with van der Waals surface area (Å²) in [5, 5.41) is 14.6. The average Bonchev–Trinajstić information content (AvgIpc) is 2.92. The van der Waals surface area contributed by atoms with Gasteiger partial charge in [0.05, 0.1) is 6.20 Å². The normalized spacial score (nSPS) is 15.2. The van der Waals surface area contributed by atoms with Crippen LogP contribution in [0.1, 0.15) is 25.7 Å². The van der Waals surface area contributed by atoms with Crippen molar-refractivity contribution in [1.82, 2.24) is 15.2 Å². The molecule has 3 rings (SSSR count). The highest BCUT2D eigenvalue weighted by Crippen LogP contribution is 2.22. The van der Waals surface area contributed by atoms with Gasteiger partial charge in [-0.1, -0.05) is 34.8 Å². The lowest BCUT2D eigenvalue weighted by atomic mass is 10.3. The number of benzene rings is 1. The molecule has 104 valence electrons. The third-order valence-corrected chi connectivity index (χ3v) is 3.84. The topological polar surface area (TPSA) is 62.7 Å². The summed E-state index contributed by atoms with van der Waals surface area (Å²) in [7, 11) is 0. The standard InChI is InChI=1S/C14H16BrN5/c15-10-4-3-7-12(8-10)17-13-9-16-20-14(19-13)18-11-5-1-2-6-11/h3-4,7-9,11H,1-2,5-6H2,(H2,17,18,19,20). The Balaban J connectivity index is 1.70. The van der Waals surface area contributed by atoms with Gasteiger partial charge in [-0.2, -0.15) is 10.1 Å². The Morgan fingerprint density at radius 2 is 2.05 bits per heavy atom. The van der Waals surface area contributed by atoms with Crippen LogP contribution < -0.4 is 10.6 Å². The number of aromatic nitrogens is 3. The first kappa shape index (κ1) is 13.3. The lowest BCUT2D eigenvalue weighted by molar-refractivity contribution is 0.738. The number of hydrogen-bond donors (Lipinski definition) is 2. The fourth-order valence-corrected chi connectivity index (χ4v) is 2.79. The molecule has 6 heteroatoms. The molecule has 2 N–H and O–H groups in total. The number of nitrogens with zero attached hydrogens (tertiary/aromatic N) is 3. The van der Waals surface area contributed by atoms with Gasteiger partial charge in [-0.25, -0.2) is 0 Å². The molecule has 0 unspecified atom stereocenters. The Bertz CT molecular complexity index is 583. The van der Waals surface area contributed by atoms with E-state index in [1.165, 1.54) is 25.7 Å². The van der Waals surface area contributed by atoms with E-state index in [2.05, 4.69) is 41.7 Å². The maximum Gasteiger partial charge on any atom is 0.244 e. The molecule has 0 amide bonds. The smallest absolute Gasteiger partial charge is 0.244 e. The summed E-state index contributed by atoms with van der Waals surface area (Å²) < 4.78 is 1.02. The van der Waals surface area contributed by atoms with Crippen molar-refractivity contribution in [2.45, 2.75) is 31.7 Å². The Kier molecular flexibility index (Phi) is 4.11. The van der Waals surface area contributed by atoms with Crippen molar-refractivity contribution in [2.75, 3.05) is 10.6 Å². The van der Waals surface area contributed by atoms with Crippen LogP contribution in [0, 0.1) is 0 Å². The van der Waals surface area contributed by atoms with Crippen LogP contribution in [0.4, 0.5) is 17.5 Å². The maximum atomic E-state index is 4.45. The van der Waals surface area contributed by atoms with Crippen molar-refractivity contribution in [3.63, 3.8) is 0 Å². The molecule has 1 heterocycles. The summed E-state index contributed by atoms with van der Waals surface area (Å²) in [5.41, 5.74) is 0.965. The highest BCUT2D eigenvalue weighted by Gasteiger charge is 2.15. The third-order valence-electron chi connectivity index (χ3n) is 3.34. The molecule has 0 saturated heterocycles. The predicted octanol–water partition coefficient (Wildman–Crippen LogP) is 3.73. The lowest BCUT2D eigenvalue weighted by Gasteiger charge is -2.12. The summed E-state index contributed by atoms with van der Waals surface area (Å²) in [4.78, 5) is 4.45. The summed E-state index contributed by atoms with van der Waals surface area (Å²) in [6.45, 7) is 0. The first-order valence-corrected chi connectivity index (χ1v) is 7.58. The second-order valence-corrected chi connectivity index (χ2v) is 5.84. The van der Waals surface area contributed by atoms with Crippen LogP contribution in [0.2, 0.25) is 0 Å². The van der Waals surface area contributed by atoms with Gasteiger partial charge in [-0.3, -0.25) is 0 Å². The second kappa shape index (κ2) is 6.17. The number of anilines is 3. The molecule has 1 aromatic heterocycles. The highest BCUT2D eigenvalue weighted by atomic mass is 79.9. The predicted molar refractivity (Wildman–Crippen MR) is 83.1 cm³/mol. The molecule has 20 heavy (non-hydrogen) atoms. The van der Waals surface area contributed by atoms with Crippen molar-refractivity contribution in [3.8, 4) is 0 Å². The zero-order chi connectivity index (χ0) is 13.8. The van der Waals surface area contributed by atoms with Gasteiger partial charge >= 0.3 is 0 Å². The molecular formula is C14H16BrN5. The first-order chi connectivity index (χ1) is 9.79. The molecule has 0 atom stereocenters. The van der Waals surface area contributed by atoms with E-state index >= 15 is 0 Å².